The first-order chi connectivity index (χ1) is 8.72. The van der Waals surface area contributed by atoms with Crippen molar-refractivity contribution in [2.45, 2.75) is 96.1 Å². The predicted octanol–water partition coefficient (Wildman–Crippen LogP) is 3.99. The molecule has 0 aromatic carbocycles. The summed E-state index contributed by atoms with van der Waals surface area (Å²) >= 11 is 0. The minimum Gasteiger partial charge on any atom is -0.328 e. The molecule has 0 aliphatic heterocycles. The summed E-state index contributed by atoms with van der Waals surface area (Å²) in [4.78, 5) is 0. The minimum absolute atomic E-state index is 0.429. The Kier molecular flexibility index (Phi) is 7.92. The molecule has 1 aliphatic carbocycles. The molecule has 0 atom stereocenters. The Morgan fingerprint density at radius 3 is 2.22 bits per heavy atom. The number of nitrogens with two attached hydrogens (primary N) is 1. The highest BCUT2D eigenvalue weighted by Crippen LogP contribution is 2.32. The van der Waals surface area contributed by atoms with E-state index in [1.807, 2.05) is 0 Å². The highest BCUT2D eigenvalue weighted by molar-refractivity contribution is 4.93. The summed E-state index contributed by atoms with van der Waals surface area (Å²) in [5.74, 6) is 0. The van der Waals surface area contributed by atoms with E-state index in [2.05, 4.69) is 19.2 Å². The molecule has 1 aliphatic rings. The van der Waals surface area contributed by atoms with Gasteiger partial charge in [0.25, 0.3) is 0 Å². The Balaban J connectivity index is 2.35. The van der Waals surface area contributed by atoms with Gasteiger partial charge in [-0.3, -0.25) is 0 Å². The van der Waals surface area contributed by atoms with Gasteiger partial charge in [-0.05, 0) is 45.1 Å². The van der Waals surface area contributed by atoms with Gasteiger partial charge in [0.15, 0.2) is 0 Å². The monoisotopic (exact) mass is 254 g/mol. The standard InChI is InChI=1S/C16H34N2/c1-3-5-7-11-16(18-14-8-6-4-2)12-9-15(17)10-13-16/h15,18H,3-14,17H2,1-2H3. The zero-order valence-electron chi connectivity index (χ0n) is 12.6. The summed E-state index contributed by atoms with van der Waals surface area (Å²) in [6.45, 7) is 5.77. The minimum atomic E-state index is 0.429. The van der Waals surface area contributed by atoms with Crippen LogP contribution in [0.25, 0.3) is 0 Å². The molecule has 1 saturated carbocycles. The number of hydrogen-bond acceptors (Lipinski definition) is 2. The highest BCUT2D eigenvalue weighted by Gasteiger charge is 2.32. The van der Waals surface area contributed by atoms with Crippen LogP contribution in [0.15, 0.2) is 0 Å². The van der Waals surface area contributed by atoms with Gasteiger partial charge in [0.05, 0.1) is 0 Å². The van der Waals surface area contributed by atoms with Crippen LogP contribution < -0.4 is 11.1 Å². The summed E-state index contributed by atoms with van der Waals surface area (Å²) in [7, 11) is 0. The maximum Gasteiger partial charge on any atom is 0.0182 e. The molecule has 3 N–H and O–H groups in total. The van der Waals surface area contributed by atoms with E-state index in [0.29, 0.717) is 11.6 Å². The second kappa shape index (κ2) is 8.92. The van der Waals surface area contributed by atoms with Crippen molar-refractivity contribution in [2.75, 3.05) is 6.54 Å². The normalized spacial score (nSPS) is 28.5. The van der Waals surface area contributed by atoms with E-state index in [-0.39, 0.29) is 0 Å². The molecule has 2 heteroatoms. The predicted molar refractivity (Wildman–Crippen MR) is 80.8 cm³/mol. The van der Waals surface area contributed by atoms with E-state index in [4.69, 9.17) is 5.73 Å². The average Bonchev–Trinajstić information content (AvgIpc) is 2.39. The molecular weight excluding hydrogens is 220 g/mol. The van der Waals surface area contributed by atoms with Crippen molar-refractivity contribution in [2.24, 2.45) is 5.73 Å². The second-order valence-electron chi connectivity index (χ2n) is 6.21. The van der Waals surface area contributed by atoms with E-state index in [9.17, 15) is 0 Å². The molecule has 0 amide bonds. The lowest BCUT2D eigenvalue weighted by Gasteiger charge is -2.41. The number of unbranched alkanes of at least 4 members (excludes halogenated alkanes) is 4. The molecule has 1 fully saturated rings. The molecule has 1 rings (SSSR count). The van der Waals surface area contributed by atoms with Crippen molar-refractivity contribution in [3.05, 3.63) is 0 Å². The number of hydrogen-bond donors (Lipinski definition) is 2. The van der Waals surface area contributed by atoms with Crippen molar-refractivity contribution in [3.8, 4) is 0 Å². The summed E-state index contributed by atoms with van der Waals surface area (Å²) < 4.78 is 0. The topological polar surface area (TPSA) is 38.0 Å². The molecule has 0 heterocycles. The van der Waals surface area contributed by atoms with E-state index in [1.165, 1.54) is 77.2 Å². The fourth-order valence-corrected chi connectivity index (χ4v) is 3.15. The smallest absolute Gasteiger partial charge is 0.0182 e. The Morgan fingerprint density at radius 1 is 1.00 bits per heavy atom. The van der Waals surface area contributed by atoms with Gasteiger partial charge in [-0.15, -0.1) is 0 Å². The first-order valence-electron chi connectivity index (χ1n) is 8.23. The molecular formula is C16H34N2. The Hall–Kier alpha value is -0.0800. The molecule has 0 radical (unpaired) electrons. The third-order valence-corrected chi connectivity index (χ3v) is 4.53. The van der Waals surface area contributed by atoms with Crippen molar-refractivity contribution < 1.29 is 0 Å². The summed E-state index contributed by atoms with van der Waals surface area (Å²) in [6.07, 6.45) is 14.5. The van der Waals surface area contributed by atoms with Gasteiger partial charge in [0, 0.05) is 11.6 Å². The third-order valence-electron chi connectivity index (χ3n) is 4.53. The van der Waals surface area contributed by atoms with Crippen LogP contribution in [0.2, 0.25) is 0 Å². The van der Waals surface area contributed by atoms with Gasteiger partial charge in [0.2, 0.25) is 0 Å². The van der Waals surface area contributed by atoms with Crippen LogP contribution in [0.1, 0.15) is 84.5 Å². The lowest BCUT2D eigenvalue weighted by atomic mass is 9.76. The zero-order chi connectivity index (χ0) is 13.3. The summed E-state index contributed by atoms with van der Waals surface area (Å²) in [6, 6.07) is 0.460. The molecule has 108 valence electrons. The lowest BCUT2D eigenvalue weighted by Crippen LogP contribution is -2.50. The summed E-state index contributed by atoms with van der Waals surface area (Å²) in [5, 5.41) is 3.89. The van der Waals surface area contributed by atoms with E-state index in [1.54, 1.807) is 0 Å². The zero-order valence-corrected chi connectivity index (χ0v) is 12.6. The van der Waals surface area contributed by atoms with Crippen LogP contribution in [-0.2, 0) is 0 Å². The lowest BCUT2D eigenvalue weighted by molar-refractivity contribution is 0.196. The highest BCUT2D eigenvalue weighted by atomic mass is 15.0. The van der Waals surface area contributed by atoms with Gasteiger partial charge >= 0.3 is 0 Å². The quantitative estimate of drug-likeness (QED) is 0.611. The first-order valence-corrected chi connectivity index (χ1v) is 8.23. The molecule has 0 spiro atoms. The molecule has 0 aromatic rings. The van der Waals surface area contributed by atoms with Gasteiger partial charge in [-0.1, -0.05) is 46.0 Å². The Labute approximate surface area is 114 Å². The van der Waals surface area contributed by atoms with Crippen molar-refractivity contribution in [1.82, 2.24) is 5.32 Å². The van der Waals surface area contributed by atoms with E-state index in [0.717, 1.165) is 0 Å². The van der Waals surface area contributed by atoms with Crippen LogP contribution in [-0.4, -0.2) is 18.1 Å². The fourth-order valence-electron chi connectivity index (χ4n) is 3.15. The van der Waals surface area contributed by atoms with Gasteiger partial charge < -0.3 is 11.1 Å². The van der Waals surface area contributed by atoms with Gasteiger partial charge in [-0.2, -0.15) is 0 Å². The molecule has 0 unspecified atom stereocenters. The maximum absolute atomic E-state index is 6.06. The molecule has 0 bridgehead atoms. The van der Waals surface area contributed by atoms with E-state index < -0.39 is 0 Å². The first kappa shape index (κ1) is 16.0. The number of rotatable bonds is 9. The van der Waals surface area contributed by atoms with Crippen LogP contribution in [0.5, 0.6) is 0 Å². The third kappa shape index (κ3) is 5.71. The molecule has 18 heavy (non-hydrogen) atoms. The summed E-state index contributed by atoms with van der Waals surface area (Å²) in [5.41, 5.74) is 6.49. The molecule has 0 aromatic heterocycles. The van der Waals surface area contributed by atoms with Crippen LogP contribution in [0.3, 0.4) is 0 Å². The Bertz CT molecular complexity index is 195. The maximum atomic E-state index is 6.06. The van der Waals surface area contributed by atoms with Crippen LogP contribution in [0, 0.1) is 0 Å². The largest absolute Gasteiger partial charge is 0.328 e. The van der Waals surface area contributed by atoms with Crippen LogP contribution >= 0.6 is 0 Å². The van der Waals surface area contributed by atoms with Crippen molar-refractivity contribution in [1.29, 1.82) is 0 Å². The molecule has 2 nitrogen and oxygen atoms in total. The van der Waals surface area contributed by atoms with Crippen molar-refractivity contribution >= 4 is 0 Å². The van der Waals surface area contributed by atoms with Crippen molar-refractivity contribution in [3.63, 3.8) is 0 Å². The molecule has 0 saturated heterocycles. The SMILES string of the molecule is CCCCCNC1(CCCCC)CCC(N)CC1. The van der Waals surface area contributed by atoms with Gasteiger partial charge in [0.1, 0.15) is 0 Å². The van der Waals surface area contributed by atoms with Crippen LogP contribution in [0.4, 0.5) is 0 Å². The average molecular weight is 254 g/mol. The van der Waals surface area contributed by atoms with E-state index >= 15 is 0 Å². The Morgan fingerprint density at radius 2 is 1.61 bits per heavy atom. The van der Waals surface area contributed by atoms with Gasteiger partial charge in [-0.25, -0.2) is 0 Å². The number of nitrogens with one attached hydrogen (secondary N) is 1. The fraction of sp³-hybridized carbons (Fsp3) is 1.00. The second-order valence-corrected chi connectivity index (χ2v) is 6.21.